The van der Waals surface area contributed by atoms with E-state index in [-0.39, 0.29) is 29.9 Å². The van der Waals surface area contributed by atoms with E-state index in [2.05, 4.69) is 28.4 Å². The standard InChI is InChI=1S/C29H38F3N3O5/c1-17(15-18-3-10-22(11-4-18)40-29(30,31)32)35-24-12-9-19-13-14-34(28(38)39-2)16-23(19)25(24)33-26(35)20-5-7-21(8-6-20)27(36)37/h9,12,17-18,20-22H,3-8,10-11,13-16H2,1-2H3,(H,36,37)/t17-,18-,20-,21-,22-/m1/s1. The van der Waals surface area contributed by atoms with Gasteiger partial charge in [-0.3, -0.25) is 9.53 Å². The van der Waals surface area contributed by atoms with Crippen molar-refractivity contribution in [1.82, 2.24) is 14.5 Å². The molecule has 40 heavy (non-hydrogen) atoms. The molecule has 2 fully saturated rings. The number of nitrogens with zero attached hydrogens (tertiary/aromatic N) is 3. The van der Waals surface area contributed by atoms with Crippen LogP contribution in [-0.2, 0) is 27.2 Å². The van der Waals surface area contributed by atoms with Gasteiger partial charge in [-0.2, -0.15) is 0 Å². The first kappa shape index (κ1) is 28.7. The topological polar surface area (TPSA) is 93.9 Å². The highest BCUT2D eigenvalue weighted by atomic mass is 19.4. The van der Waals surface area contributed by atoms with E-state index in [0.717, 1.165) is 47.2 Å². The van der Waals surface area contributed by atoms with Crippen LogP contribution in [-0.4, -0.2) is 57.7 Å². The second-order valence-electron chi connectivity index (χ2n) is 11.7. The van der Waals surface area contributed by atoms with Gasteiger partial charge in [0.05, 0.1) is 36.7 Å². The molecule has 1 aromatic carbocycles. The van der Waals surface area contributed by atoms with Crippen molar-refractivity contribution in [2.24, 2.45) is 11.8 Å². The van der Waals surface area contributed by atoms with Gasteiger partial charge in [0.2, 0.25) is 0 Å². The number of imidazole rings is 1. The molecule has 2 saturated carbocycles. The van der Waals surface area contributed by atoms with Crippen LogP contribution < -0.4 is 0 Å². The van der Waals surface area contributed by atoms with Gasteiger partial charge < -0.3 is 19.3 Å². The number of fused-ring (bicyclic) bond motifs is 3. The highest BCUT2D eigenvalue weighted by Gasteiger charge is 2.37. The largest absolute Gasteiger partial charge is 0.522 e. The summed E-state index contributed by atoms with van der Waals surface area (Å²) in [6.45, 7) is 3.14. The molecule has 0 unspecified atom stereocenters. The Bertz CT molecular complexity index is 1230. The Morgan fingerprint density at radius 2 is 1.80 bits per heavy atom. The van der Waals surface area contributed by atoms with E-state index in [1.54, 1.807) is 4.90 Å². The second kappa shape index (κ2) is 11.6. The number of carboxylic acids is 1. The van der Waals surface area contributed by atoms with Gasteiger partial charge in [-0.15, -0.1) is 13.2 Å². The van der Waals surface area contributed by atoms with E-state index in [9.17, 15) is 27.9 Å². The molecule has 220 valence electrons. The van der Waals surface area contributed by atoms with Crippen LogP contribution in [0, 0.1) is 11.8 Å². The zero-order valence-electron chi connectivity index (χ0n) is 23.1. The number of carboxylic acid groups (broad SMARTS) is 1. The van der Waals surface area contributed by atoms with E-state index >= 15 is 0 Å². The van der Waals surface area contributed by atoms with Crippen LogP contribution in [0.25, 0.3) is 11.0 Å². The molecule has 2 aliphatic carbocycles. The Morgan fingerprint density at radius 3 is 2.42 bits per heavy atom. The fourth-order valence-corrected chi connectivity index (χ4v) is 7.11. The number of rotatable bonds is 6. The number of benzene rings is 1. The highest BCUT2D eigenvalue weighted by Crippen LogP contribution is 2.42. The van der Waals surface area contributed by atoms with Gasteiger partial charge in [-0.25, -0.2) is 9.78 Å². The molecule has 1 aromatic heterocycles. The molecule has 0 bridgehead atoms. The summed E-state index contributed by atoms with van der Waals surface area (Å²) < 4.78 is 49.6. The van der Waals surface area contributed by atoms with Gasteiger partial charge in [0, 0.05) is 24.1 Å². The van der Waals surface area contributed by atoms with Crippen LogP contribution in [0.4, 0.5) is 18.0 Å². The van der Waals surface area contributed by atoms with E-state index in [1.807, 2.05) is 0 Å². The van der Waals surface area contributed by atoms with Gasteiger partial charge in [0.15, 0.2) is 0 Å². The number of alkyl halides is 3. The normalized spacial score (nSPS) is 26.4. The number of carbonyl (C=O) groups is 2. The lowest BCUT2D eigenvalue weighted by Crippen LogP contribution is -2.35. The Balaban J connectivity index is 1.43. The fourth-order valence-electron chi connectivity index (χ4n) is 7.11. The molecule has 2 heterocycles. The number of halogens is 3. The van der Waals surface area contributed by atoms with Gasteiger partial charge >= 0.3 is 18.4 Å². The first-order valence-corrected chi connectivity index (χ1v) is 14.4. The van der Waals surface area contributed by atoms with E-state index < -0.39 is 18.4 Å². The van der Waals surface area contributed by atoms with Gasteiger partial charge in [0.25, 0.3) is 0 Å². The maximum absolute atomic E-state index is 12.7. The third-order valence-corrected chi connectivity index (χ3v) is 9.17. The second-order valence-corrected chi connectivity index (χ2v) is 11.7. The third-order valence-electron chi connectivity index (χ3n) is 9.17. The van der Waals surface area contributed by atoms with Crippen molar-refractivity contribution in [3.05, 3.63) is 29.1 Å². The van der Waals surface area contributed by atoms with Gasteiger partial charge in [-0.1, -0.05) is 6.07 Å². The van der Waals surface area contributed by atoms with Crippen molar-refractivity contribution in [3.63, 3.8) is 0 Å². The summed E-state index contributed by atoms with van der Waals surface area (Å²) in [6.07, 6.45) is 0.625. The number of hydrogen-bond donors (Lipinski definition) is 1. The monoisotopic (exact) mass is 565 g/mol. The smallest absolute Gasteiger partial charge is 0.481 e. The number of amides is 1. The summed E-state index contributed by atoms with van der Waals surface area (Å²) in [6, 6.07) is 4.27. The molecule has 2 aromatic rings. The summed E-state index contributed by atoms with van der Waals surface area (Å²) in [7, 11) is 1.38. The number of aliphatic carboxylic acids is 1. The number of hydrogen-bond acceptors (Lipinski definition) is 5. The summed E-state index contributed by atoms with van der Waals surface area (Å²) in [5.74, 6) is 0.272. The molecule has 0 saturated heterocycles. The predicted molar refractivity (Wildman–Crippen MR) is 141 cm³/mol. The molecule has 5 rings (SSSR count). The summed E-state index contributed by atoms with van der Waals surface area (Å²) in [5.41, 5.74) is 4.04. The van der Waals surface area contributed by atoms with Crippen LogP contribution in [0.1, 0.15) is 93.6 Å². The fraction of sp³-hybridized carbons (Fsp3) is 0.690. The molecule has 11 heteroatoms. The summed E-state index contributed by atoms with van der Waals surface area (Å²) in [4.78, 5) is 30.8. The Kier molecular flexibility index (Phi) is 8.31. The zero-order valence-corrected chi connectivity index (χ0v) is 23.1. The molecule has 1 amide bonds. The van der Waals surface area contributed by atoms with Crippen molar-refractivity contribution in [3.8, 4) is 0 Å². The number of ether oxygens (including phenoxy) is 2. The summed E-state index contributed by atoms with van der Waals surface area (Å²) >= 11 is 0. The van der Waals surface area contributed by atoms with Gasteiger partial charge in [0.1, 0.15) is 5.82 Å². The van der Waals surface area contributed by atoms with Crippen LogP contribution in [0.2, 0.25) is 0 Å². The molecule has 0 spiro atoms. The van der Waals surface area contributed by atoms with Crippen molar-refractivity contribution in [2.45, 2.75) is 102 Å². The summed E-state index contributed by atoms with van der Waals surface area (Å²) in [5, 5.41) is 9.50. The number of carbonyl (C=O) groups excluding carboxylic acids is 1. The molecule has 3 aliphatic rings. The van der Waals surface area contributed by atoms with Crippen molar-refractivity contribution >= 4 is 23.1 Å². The molecular weight excluding hydrogens is 527 g/mol. The maximum Gasteiger partial charge on any atom is 0.522 e. The van der Waals surface area contributed by atoms with Crippen molar-refractivity contribution in [1.29, 1.82) is 0 Å². The molecule has 0 radical (unpaired) electrons. The lowest BCUT2D eigenvalue weighted by atomic mass is 9.81. The van der Waals surface area contributed by atoms with Crippen molar-refractivity contribution in [2.75, 3.05) is 13.7 Å². The van der Waals surface area contributed by atoms with Gasteiger partial charge in [-0.05, 0) is 88.7 Å². The first-order valence-electron chi connectivity index (χ1n) is 14.4. The molecule has 1 N–H and O–H groups in total. The van der Waals surface area contributed by atoms with Crippen LogP contribution >= 0.6 is 0 Å². The van der Waals surface area contributed by atoms with Crippen LogP contribution in [0.3, 0.4) is 0 Å². The van der Waals surface area contributed by atoms with Crippen molar-refractivity contribution < 1.29 is 37.3 Å². The average molecular weight is 566 g/mol. The lowest BCUT2D eigenvalue weighted by molar-refractivity contribution is -0.345. The minimum absolute atomic E-state index is 0.0561. The third kappa shape index (κ3) is 6.09. The molecular formula is C29H38F3N3O5. The van der Waals surface area contributed by atoms with E-state index in [0.29, 0.717) is 58.0 Å². The van der Waals surface area contributed by atoms with E-state index in [4.69, 9.17) is 9.72 Å². The molecule has 1 atom stereocenters. The van der Waals surface area contributed by atoms with E-state index in [1.165, 1.54) is 7.11 Å². The lowest BCUT2D eigenvalue weighted by Gasteiger charge is -2.32. The minimum atomic E-state index is -4.60. The highest BCUT2D eigenvalue weighted by molar-refractivity contribution is 5.82. The Hall–Kier alpha value is -2.82. The SMILES string of the molecule is COC(=O)N1CCc2ccc3c(nc([C@H]4CC[C@H](C(=O)O)CC4)n3[C@H](C)C[C@H]3CC[C@H](OC(F)(F)F)CC3)c2C1. The Labute approximate surface area is 231 Å². The molecule has 1 aliphatic heterocycles. The number of aromatic nitrogens is 2. The average Bonchev–Trinajstić information content (AvgIpc) is 3.33. The Morgan fingerprint density at radius 1 is 1.10 bits per heavy atom. The van der Waals surface area contributed by atoms with Crippen LogP contribution in [0.5, 0.6) is 0 Å². The molecule has 8 nitrogen and oxygen atoms in total. The van der Waals surface area contributed by atoms with Crippen LogP contribution in [0.15, 0.2) is 12.1 Å². The maximum atomic E-state index is 12.7. The quantitative estimate of drug-likeness (QED) is 0.426. The minimum Gasteiger partial charge on any atom is -0.481 e. The first-order chi connectivity index (χ1) is 19.0. The predicted octanol–water partition coefficient (Wildman–Crippen LogP) is 6.57. The number of methoxy groups -OCH3 is 1. The zero-order chi connectivity index (χ0) is 28.6.